The quantitative estimate of drug-likeness (QED) is 0.550. The number of amides is 1. The summed E-state index contributed by atoms with van der Waals surface area (Å²) >= 11 is 0. The fourth-order valence-corrected chi connectivity index (χ4v) is 3.20. The first-order valence-electron chi connectivity index (χ1n) is 9.66. The van der Waals surface area contributed by atoms with E-state index in [0.717, 1.165) is 17.0 Å². The van der Waals surface area contributed by atoms with Gasteiger partial charge in [0.15, 0.2) is 5.96 Å². The SMILES string of the molecule is CCNC(=NCC(O)c1ccc(OC)cc1)N1CCN(c2cnn(C)c2)C(=O)C1. The van der Waals surface area contributed by atoms with Crippen molar-refractivity contribution in [2.75, 3.05) is 44.7 Å². The number of aryl methyl sites for hydroxylation is 1. The van der Waals surface area contributed by atoms with Crippen LogP contribution in [-0.2, 0) is 11.8 Å². The number of rotatable bonds is 6. The number of carbonyl (C=O) groups is 1. The molecule has 0 spiro atoms. The molecular formula is C20H28N6O3. The third kappa shape index (κ3) is 5.05. The monoisotopic (exact) mass is 400 g/mol. The van der Waals surface area contributed by atoms with Crippen molar-refractivity contribution in [3.05, 3.63) is 42.2 Å². The third-order valence-electron chi connectivity index (χ3n) is 4.77. The highest BCUT2D eigenvalue weighted by Crippen LogP contribution is 2.19. The average molecular weight is 400 g/mol. The van der Waals surface area contributed by atoms with Crippen molar-refractivity contribution in [1.82, 2.24) is 20.0 Å². The van der Waals surface area contributed by atoms with Gasteiger partial charge in [-0.3, -0.25) is 14.5 Å². The summed E-state index contributed by atoms with van der Waals surface area (Å²) in [5, 5.41) is 17.8. The second-order valence-corrected chi connectivity index (χ2v) is 6.82. The molecule has 2 aromatic rings. The zero-order valence-electron chi connectivity index (χ0n) is 17.1. The molecule has 9 nitrogen and oxygen atoms in total. The summed E-state index contributed by atoms with van der Waals surface area (Å²) in [6.07, 6.45) is 2.79. The number of nitrogens with zero attached hydrogens (tertiary/aromatic N) is 5. The number of hydrogen-bond donors (Lipinski definition) is 2. The third-order valence-corrected chi connectivity index (χ3v) is 4.77. The zero-order valence-corrected chi connectivity index (χ0v) is 17.1. The van der Waals surface area contributed by atoms with Crippen LogP contribution in [0, 0.1) is 0 Å². The van der Waals surface area contributed by atoms with E-state index in [-0.39, 0.29) is 19.0 Å². The van der Waals surface area contributed by atoms with Crippen molar-refractivity contribution in [2.45, 2.75) is 13.0 Å². The highest BCUT2D eigenvalue weighted by atomic mass is 16.5. The van der Waals surface area contributed by atoms with Crippen molar-refractivity contribution in [2.24, 2.45) is 12.0 Å². The van der Waals surface area contributed by atoms with E-state index in [0.29, 0.717) is 25.6 Å². The van der Waals surface area contributed by atoms with Gasteiger partial charge in [-0.15, -0.1) is 0 Å². The van der Waals surface area contributed by atoms with Gasteiger partial charge >= 0.3 is 0 Å². The van der Waals surface area contributed by atoms with Crippen LogP contribution in [0.3, 0.4) is 0 Å². The average Bonchev–Trinajstić information content (AvgIpc) is 3.16. The highest BCUT2D eigenvalue weighted by molar-refractivity contribution is 5.98. The fourth-order valence-electron chi connectivity index (χ4n) is 3.20. The Bertz CT molecular complexity index is 848. The molecule has 1 atom stereocenters. The normalized spacial score (nSPS) is 16.1. The summed E-state index contributed by atoms with van der Waals surface area (Å²) in [4.78, 5) is 20.9. The molecule has 3 rings (SSSR count). The Labute approximate surface area is 170 Å². The van der Waals surface area contributed by atoms with Gasteiger partial charge in [-0.25, -0.2) is 0 Å². The first-order chi connectivity index (χ1) is 14.0. The second kappa shape index (κ2) is 9.42. The van der Waals surface area contributed by atoms with Gasteiger partial charge in [0.1, 0.15) is 12.3 Å². The largest absolute Gasteiger partial charge is 0.497 e. The van der Waals surface area contributed by atoms with Gasteiger partial charge in [-0.2, -0.15) is 5.10 Å². The Morgan fingerprint density at radius 3 is 2.69 bits per heavy atom. The first-order valence-corrected chi connectivity index (χ1v) is 9.66. The predicted octanol–water partition coefficient (Wildman–Crippen LogP) is 0.776. The van der Waals surface area contributed by atoms with E-state index in [9.17, 15) is 9.90 Å². The van der Waals surface area contributed by atoms with Gasteiger partial charge in [0.05, 0.1) is 31.6 Å². The van der Waals surface area contributed by atoms with Gasteiger partial charge in [0.25, 0.3) is 0 Å². The number of piperazine rings is 1. The zero-order chi connectivity index (χ0) is 20.8. The lowest BCUT2D eigenvalue weighted by Gasteiger charge is -2.35. The van der Waals surface area contributed by atoms with Crippen molar-refractivity contribution in [3.8, 4) is 5.75 Å². The Kier molecular flexibility index (Phi) is 6.71. The number of benzene rings is 1. The molecule has 2 N–H and O–H groups in total. The Morgan fingerprint density at radius 1 is 1.34 bits per heavy atom. The molecule has 0 aliphatic carbocycles. The van der Waals surface area contributed by atoms with Crippen molar-refractivity contribution < 1.29 is 14.6 Å². The summed E-state index contributed by atoms with van der Waals surface area (Å²) in [6, 6.07) is 7.26. The topological polar surface area (TPSA) is 95.2 Å². The number of ether oxygens (including phenoxy) is 1. The van der Waals surface area contributed by atoms with Crippen LogP contribution in [-0.4, -0.2) is 71.5 Å². The summed E-state index contributed by atoms with van der Waals surface area (Å²) in [5.74, 6) is 1.35. The molecule has 29 heavy (non-hydrogen) atoms. The minimum atomic E-state index is -0.734. The molecule has 2 heterocycles. The number of carbonyl (C=O) groups excluding carboxylic acids is 1. The number of hydrogen-bond acceptors (Lipinski definition) is 5. The van der Waals surface area contributed by atoms with E-state index in [1.807, 2.05) is 49.3 Å². The molecule has 156 valence electrons. The van der Waals surface area contributed by atoms with E-state index in [2.05, 4.69) is 15.4 Å². The van der Waals surface area contributed by atoms with Crippen LogP contribution in [0.1, 0.15) is 18.6 Å². The number of anilines is 1. The van der Waals surface area contributed by atoms with Crippen molar-refractivity contribution in [3.63, 3.8) is 0 Å². The maximum Gasteiger partial charge on any atom is 0.246 e. The molecule has 1 aliphatic heterocycles. The number of methoxy groups -OCH3 is 1. The molecule has 1 unspecified atom stereocenters. The highest BCUT2D eigenvalue weighted by Gasteiger charge is 2.27. The summed E-state index contributed by atoms with van der Waals surface area (Å²) in [5.41, 5.74) is 1.57. The van der Waals surface area contributed by atoms with Crippen LogP contribution in [0.4, 0.5) is 5.69 Å². The van der Waals surface area contributed by atoms with E-state index >= 15 is 0 Å². The molecule has 1 aromatic carbocycles. The lowest BCUT2D eigenvalue weighted by molar-refractivity contribution is -0.120. The maximum absolute atomic E-state index is 12.6. The summed E-state index contributed by atoms with van der Waals surface area (Å²) in [6.45, 7) is 4.27. The molecule has 1 fully saturated rings. The predicted molar refractivity (Wildman–Crippen MR) is 111 cm³/mol. The smallest absolute Gasteiger partial charge is 0.246 e. The molecular weight excluding hydrogens is 372 g/mol. The Hall–Kier alpha value is -3.07. The van der Waals surface area contributed by atoms with Gasteiger partial charge < -0.3 is 25.0 Å². The van der Waals surface area contributed by atoms with Crippen LogP contribution in [0.15, 0.2) is 41.7 Å². The number of aromatic nitrogens is 2. The molecule has 0 radical (unpaired) electrons. The minimum absolute atomic E-state index is 0.00874. The van der Waals surface area contributed by atoms with E-state index in [4.69, 9.17) is 4.74 Å². The molecule has 0 saturated carbocycles. The molecule has 1 aliphatic rings. The van der Waals surface area contributed by atoms with E-state index in [1.54, 1.807) is 22.9 Å². The summed E-state index contributed by atoms with van der Waals surface area (Å²) < 4.78 is 6.83. The van der Waals surface area contributed by atoms with Crippen LogP contribution >= 0.6 is 0 Å². The molecule has 1 amide bonds. The number of aliphatic imine (C=N–C) groups is 1. The van der Waals surface area contributed by atoms with Gasteiger partial charge in [-0.1, -0.05) is 12.1 Å². The summed E-state index contributed by atoms with van der Waals surface area (Å²) in [7, 11) is 3.43. The van der Waals surface area contributed by atoms with Gasteiger partial charge in [0.2, 0.25) is 5.91 Å². The maximum atomic E-state index is 12.6. The van der Waals surface area contributed by atoms with Crippen LogP contribution in [0.5, 0.6) is 5.75 Å². The Balaban J connectivity index is 1.65. The Morgan fingerprint density at radius 2 is 2.10 bits per heavy atom. The molecule has 9 heteroatoms. The number of aliphatic hydroxyl groups excluding tert-OH is 1. The van der Waals surface area contributed by atoms with Gasteiger partial charge in [0, 0.05) is 32.9 Å². The second-order valence-electron chi connectivity index (χ2n) is 6.82. The van der Waals surface area contributed by atoms with Crippen LogP contribution in [0.2, 0.25) is 0 Å². The van der Waals surface area contributed by atoms with E-state index in [1.165, 1.54) is 0 Å². The molecule has 1 aromatic heterocycles. The van der Waals surface area contributed by atoms with Crippen LogP contribution < -0.4 is 15.0 Å². The van der Waals surface area contributed by atoms with Crippen molar-refractivity contribution in [1.29, 1.82) is 0 Å². The first kappa shape index (κ1) is 20.7. The number of guanidine groups is 1. The van der Waals surface area contributed by atoms with Gasteiger partial charge in [-0.05, 0) is 24.6 Å². The van der Waals surface area contributed by atoms with Crippen molar-refractivity contribution >= 4 is 17.6 Å². The molecule has 0 bridgehead atoms. The number of aliphatic hydroxyl groups is 1. The lowest BCUT2D eigenvalue weighted by Crippen LogP contribution is -2.55. The molecule has 1 saturated heterocycles. The van der Waals surface area contributed by atoms with Crippen LogP contribution in [0.25, 0.3) is 0 Å². The van der Waals surface area contributed by atoms with E-state index < -0.39 is 6.10 Å². The fraction of sp³-hybridized carbons (Fsp3) is 0.450. The minimum Gasteiger partial charge on any atom is -0.497 e. The number of nitrogens with one attached hydrogen (secondary N) is 1. The standard InChI is InChI=1S/C20H28N6O3/c1-4-21-20(22-12-18(27)15-5-7-17(29-3)8-6-15)25-9-10-26(19(28)14-25)16-11-23-24(2)13-16/h5-8,11,13,18,27H,4,9-10,12,14H2,1-3H3,(H,21,22). The lowest BCUT2D eigenvalue weighted by atomic mass is 10.1.